The van der Waals surface area contributed by atoms with Gasteiger partial charge < -0.3 is 15.1 Å². The van der Waals surface area contributed by atoms with Gasteiger partial charge in [-0.3, -0.25) is 4.79 Å². The molecule has 0 atom stereocenters. The second kappa shape index (κ2) is 6.26. The monoisotopic (exact) mass is 301 g/mol. The van der Waals surface area contributed by atoms with Gasteiger partial charge in [-0.25, -0.2) is 9.38 Å². The van der Waals surface area contributed by atoms with Crippen LogP contribution in [0.2, 0.25) is 0 Å². The van der Waals surface area contributed by atoms with Crippen molar-refractivity contribution in [2.24, 2.45) is 4.99 Å². The molecule has 1 amide bonds. The van der Waals surface area contributed by atoms with Crippen LogP contribution in [-0.2, 0) is 0 Å². The van der Waals surface area contributed by atoms with Crippen LogP contribution >= 0.6 is 0 Å². The number of nitriles is 1. The lowest BCUT2D eigenvalue weighted by molar-refractivity contribution is 0.0810. The summed E-state index contributed by atoms with van der Waals surface area (Å²) in [4.78, 5) is 19.5. The molecule has 6 nitrogen and oxygen atoms in total. The third-order valence-electron chi connectivity index (χ3n) is 3.05. The number of benzene rings is 1. The summed E-state index contributed by atoms with van der Waals surface area (Å²) >= 11 is 0. The maximum absolute atomic E-state index is 13.4. The number of carbonyl (C=O) groups is 1. The number of anilines is 1. The van der Waals surface area contributed by atoms with E-state index < -0.39 is 5.82 Å². The number of allylic oxidation sites excluding steroid dienone is 1. The van der Waals surface area contributed by atoms with E-state index in [4.69, 9.17) is 0 Å². The van der Waals surface area contributed by atoms with Crippen LogP contribution in [0.5, 0.6) is 0 Å². The van der Waals surface area contributed by atoms with Gasteiger partial charge in [-0.2, -0.15) is 5.26 Å². The van der Waals surface area contributed by atoms with Gasteiger partial charge in [0.15, 0.2) is 5.70 Å². The quantitative estimate of drug-likeness (QED) is 0.512. The first kappa shape index (κ1) is 15.5. The van der Waals surface area contributed by atoms with Crippen molar-refractivity contribution in [3.63, 3.8) is 0 Å². The molecule has 0 spiro atoms. The van der Waals surface area contributed by atoms with E-state index in [2.05, 4.69) is 10.3 Å². The van der Waals surface area contributed by atoms with Gasteiger partial charge in [0.1, 0.15) is 11.9 Å². The summed E-state index contributed by atoms with van der Waals surface area (Å²) in [5.41, 5.74) is 1.34. The van der Waals surface area contributed by atoms with Crippen molar-refractivity contribution in [1.29, 1.82) is 5.26 Å². The van der Waals surface area contributed by atoms with Gasteiger partial charge in [0.05, 0.1) is 29.8 Å². The summed E-state index contributed by atoms with van der Waals surface area (Å²) in [6.07, 6.45) is 1.51. The van der Waals surface area contributed by atoms with Crippen LogP contribution in [0.1, 0.15) is 10.4 Å². The predicted molar refractivity (Wildman–Crippen MR) is 81.8 cm³/mol. The number of likely N-dealkylation sites (N-methyl/N-ethyl adjacent to an activating group) is 1. The largest absolute Gasteiger partial charge is 0.369 e. The van der Waals surface area contributed by atoms with Crippen LogP contribution in [0.25, 0.3) is 0 Å². The van der Waals surface area contributed by atoms with Gasteiger partial charge in [0.2, 0.25) is 0 Å². The molecule has 0 fully saturated rings. The smallest absolute Gasteiger partial charge is 0.256 e. The molecule has 1 aromatic rings. The average Bonchev–Trinajstić information content (AvgIpc) is 2.58. The van der Waals surface area contributed by atoms with Gasteiger partial charge in [0, 0.05) is 21.1 Å². The molecule has 0 aromatic heterocycles. The first-order valence-corrected chi connectivity index (χ1v) is 6.58. The summed E-state index contributed by atoms with van der Waals surface area (Å²) in [7, 11) is 5.17. The summed E-state index contributed by atoms with van der Waals surface area (Å²) in [5.74, 6) is -0.799. The van der Waals surface area contributed by atoms with Gasteiger partial charge >= 0.3 is 0 Å². The lowest BCUT2D eigenvalue weighted by atomic mass is 10.1. The molecule has 1 N–H and O–H groups in total. The third kappa shape index (κ3) is 3.23. The number of carbonyl (C=O) groups excluding carboxylic acids is 1. The molecule has 0 saturated heterocycles. The molecule has 1 heterocycles. The Morgan fingerprint density at radius 1 is 1.55 bits per heavy atom. The van der Waals surface area contributed by atoms with E-state index >= 15 is 0 Å². The number of halogens is 1. The Kier molecular flexibility index (Phi) is 4.41. The zero-order chi connectivity index (χ0) is 16.3. The summed E-state index contributed by atoms with van der Waals surface area (Å²) < 4.78 is 13.4. The minimum Gasteiger partial charge on any atom is -0.369 e. The molecule has 0 saturated carbocycles. The first-order chi connectivity index (χ1) is 10.4. The van der Waals surface area contributed by atoms with E-state index in [1.807, 2.05) is 6.07 Å². The van der Waals surface area contributed by atoms with Crippen LogP contribution in [0, 0.1) is 17.1 Å². The van der Waals surface area contributed by atoms with Crippen LogP contribution in [0.3, 0.4) is 0 Å². The van der Waals surface area contributed by atoms with E-state index in [1.54, 1.807) is 26.0 Å². The Labute approximate surface area is 128 Å². The lowest BCUT2D eigenvalue weighted by Crippen LogP contribution is -2.27. The highest BCUT2D eigenvalue weighted by Gasteiger charge is 2.24. The van der Waals surface area contributed by atoms with Crippen molar-refractivity contribution in [1.82, 2.24) is 9.80 Å². The molecule has 0 radical (unpaired) electrons. The van der Waals surface area contributed by atoms with E-state index in [-0.39, 0.29) is 23.7 Å². The lowest BCUT2D eigenvalue weighted by Gasteiger charge is -2.15. The molecule has 114 valence electrons. The number of fused-ring (bicyclic) bond motifs is 1. The fourth-order valence-corrected chi connectivity index (χ4v) is 2.00. The molecule has 0 unspecified atom stereocenters. The van der Waals surface area contributed by atoms with Gasteiger partial charge in [-0.05, 0) is 18.2 Å². The number of hydrogen-bond donors (Lipinski definition) is 1. The summed E-state index contributed by atoms with van der Waals surface area (Å²) in [5, 5.41) is 12.3. The molecule has 2 rings (SSSR count). The van der Waals surface area contributed by atoms with Crippen LogP contribution in [0.4, 0.5) is 10.1 Å². The fourth-order valence-electron chi connectivity index (χ4n) is 2.00. The summed E-state index contributed by atoms with van der Waals surface area (Å²) in [6, 6.07) is 5.93. The number of aliphatic imine (C=N–C) groups is 1. The normalized spacial score (nSPS) is 16.7. The van der Waals surface area contributed by atoms with Crippen molar-refractivity contribution < 1.29 is 9.18 Å². The second-order valence-corrected chi connectivity index (χ2v) is 5.12. The summed E-state index contributed by atoms with van der Waals surface area (Å²) in [6.45, 7) is 0.183. The highest BCUT2D eigenvalue weighted by atomic mass is 19.1. The molecular weight excluding hydrogens is 285 g/mol. The Morgan fingerprint density at radius 2 is 2.27 bits per heavy atom. The molecule has 7 heteroatoms. The molecule has 22 heavy (non-hydrogen) atoms. The molecule has 1 aliphatic rings. The maximum Gasteiger partial charge on any atom is 0.256 e. The van der Waals surface area contributed by atoms with Crippen molar-refractivity contribution in [3.8, 4) is 6.07 Å². The Balaban J connectivity index is 2.51. The van der Waals surface area contributed by atoms with Crippen LogP contribution in [-0.4, -0.2) is 49.7 Å². The van der Waals surface area contributed by atoms with Crippen molar-refractivity contribution in [2.75, 3.05) is 33.0 Å². The molecule has 1 aromatic carbocycles. The van der Waals surface area contributed by atoms with Crippen LogP contribution in [0.15, 0.2) is 34.6 Å². The van der Waals surface area contributed by atoms with Gasteiger partial charge in [0.25, 0.3) is 5.91 Å². The zero-order valence-corrected chi connectivity index (χ0v) is 12.6. The Bertz CT molecular complexity index is 702. The number of hydrogen-bond acceptors (Lipinski definition) is 4. The van der Waals surface area contributed by atoms with Crippen molar-refractivity contribution >= 4 is 17.9 Å². The Hall–Kier alpha value is -2.88. The van der Waals surface area contributed by atoms with Gasteiger partial charge in [-0.15, -0.1) is 0 Å². The SMILES string of the molecule is CN(C)C=N/C(C#N)=C1\CN(C)C(=O)c2cc(F)ccc2N1. The number of nitrogens with one attached hydrogen (secondary N) is 1. The zero-order valence-electron chi connectivity index (χ0n) is 12.6. The highest BCUT2D eigenvalue weighted by Crippen LogP contribution is 2.25. The Morgan fingerprint density at radius 3 is 2.91 bits per heavy atom. The van der Waals surface area contributed by atoms with E-state index in [9.17, 15) is 14.4 Å². The molecule has 0 bridgehead atoms. The number of rotatable bonds is 2. The number of amides is 1. The molecule has 1 aliphatic heterocycles. The van der Waals surface area contributed by atoms with E-state index in [1.165, 1.54) is 29.4 Å². The third-order valence-corrected chi connectivity index (χ3v) is 3.05. The van der Waals surface area contributed by atoms with Crippen molar-refractivity contribution in [3.05, 3.63) is 41.0 Å². The highest BCUT2D eigenvalue weighted by molar-refractivity contribution is 6.00. The first-order valence-electron chi connectivity index (χ1n) is 6.58. The molecule has 0 aliphatic carbocycles. The molecular formula is C15H16FN5O. The van der Waals surface area contributed by atoms with Crippen molar-refractivity contribution in [2.45, 2.75) is 0 Å². The number of nitrogens with zero attached hydrogens (tertiary/aromatic N) is 4. The topological polar surface area (TPSA) is 71.7 Å². The standard InChI is InChI=1S/C15H16FN5O/c1-20(2)9-18-13(7-17)14-8-21(3)15(22)11-6-10(16)4-5-12(11)19-14/h4-6,9,19H,8H2,1-3H3/b14-13+,18-9?. The average molecular weight is 301 g/mol. The maximum atomic E-state index is 13.4. The fraction of sp³-hybridized carbons (Fsp3) is 0.267. The minimum absolute atomic E-state index is 0.172. The minimum atomic E-state index is -0.485. The van der Waals surface area contributed by atoms with Gasteiger partial charge in [-0.1, -0.05) is 0 Å². The van der Waals surface area contributed by atoms with E-state index in [0.29, 0.717) is 11.4 Å². The second-order valence-electron chi connectivity index (χ2n) is 5.12. The predicted octanol–water partition coefficient (Wildman–Crippen LogP) is 1.65. The van der Waals surface area contributed by atoms with E-state index in [0.717, 1.165) is 0 Å². The van der Waals surface area contributed by atoms with Crippen LogP contribution < -0.4 is 5.32 Å².